The molecule has 7 nitrogen and oxygen atoms in total. The summed E-state index contributed by atoms with van der Waals surface area (Å²) in [6.45, 7) is 3.14. The third-order valence-electron chi connectivity index (χ3n) is 3.99. The van der Waals surface area contributed by atoms with Crippen molar-refractivity contribution in [3.8, 4) is 22.9 Å². The molecule has 0 bridgehead atoms. The first-order valence-electron chi connectivity index (χ1n) is 8.15. The summed E-state index contributed by atoms with van der Waals surface area (Å²) < 4.78 is 21.3. The summed E-state index contributed by atoms with van der Waals surface area (Å²) in [5, 5.41) is 12.2. The van der Waals surface area contributed by atoms with E-state index in [2.05, 4.69) is 20.3 Å². The largest absolute Gasteiger partial charge is 0.436 e. The van der Waals surface area contributed by atoms with Crippen molar-refractivity contribution in [1.29, 1.82) is 0 Å². The van der Waals surface area contributed by atoms with Gasteiger partial charge in [0, 0.05) is 11.6 Å². The number of Topliss-reactive ketones (excluding diaryl/α,β-unsaturated/α-hetero) is 1. The minimum atomic E-state index is -0.794. The monoisotopic (exact) mass is 363 g/mol. The smallest absolute Gasteiger partial charge is 0.238 e. The van der Waals surface area contributed by atoms with Crippen LogP contribution in [0.4, 0.5) is 4.39 Å². The minimum absolute atomic E-state index is 0.0369. The fourth-order valence-electron chi connectivity index (χ4n) is 2.63. The first kappa shape index (κ1) is 16.8. The topological polar surface area (TPSA) is 82.3 Å². The number of aromatic nitrogens is 5. The molecule has 0 spiro atoms. The normalized spacial score (nSPS) is 10.9. The molecule has 0 aliphatic carbocycles. The first-order valence-corrected chi connectivity index (χ1v) is 8.15. The predicted octanol–water partition coefficient (Wildman–Crippen LogP) is 3.63. The molecule has 0 saturated carbocycles. The molecular formula is C19H14FN5O2. The van der Waals surface area contributed by atoms with E-state index in [9.17, 15) is 9.18 Å². The zero-order valence-corrected chi connectivity index (χ0v) is 14.5. The molecule has 8 heteroatoms. The maximum absolute atomic E-state index is 14.0. The van der Waals surface area contributed by atoms with E-state index in [1.54, 1.807) is 47.2 Å². The molecule has 4 aromatic rings. The lowest BCUT2D eigenvalue weighted by atomic mass is 10.1. The molecule has 0 fully saturated rings. The van der Waals surface area contributed by atoms with Crippen LogP contribution >= 0.6 is 0 Å². The van der Waals surface area contributed by atoms with Crippen LogP contribution in [0.2, 0.25) is 0 Å². The number of ketones is 1. The second kappa shape index (κ2) is 6.56. The van der Waals surface area contributed by atoms with Crippen molar-refractivity contribution in [2.45, 2.75) is 13.8 Å². The Kier molecular flexibility index (Phi) is 4.08. The average molecular weight is 363 g/mol. The Morgan fingerprint density at radius 1 is 1.11 bits per heavy atom. The van der Waals surface area contributed by atoms with E-state index in [0.717, 1.165) is 11.2 Å². The van der Waals surface area contributed by atoms with E-state index in [-0.39, 0.29) is 11.3 Å². The van der Waals surface area contributed by atoms with Crippen LogP contribution in [0.1, 0.15) is 23.0 Å². The van der Waals surface area contributed by atoms with Crippen LogP contribution in [0.25, 0.3) is 16.8 Å². The van der Waals surface area contributed by atoms with Gasteiger partial charge >= 0.3 is 0 Å². The van der Waals surface area contributed by atoms with Crippen LogP contribution < -0.4 is 4.74 Å². The number of ether oxygens (including phenoxy) is 1. The van der Waals surface area contributed by atoms with Gasteiger partial charge in [-0.25, -0.2) is 9.50 Å². The third kappa shape index (κ3) is 3.24. The maximum atomic E-state index is 14.0. The van der Waals surface area contributed by atoms with Gasteiger partial charge in [-0.15, -0.1) is 5.10 Å². The molecular weight excluding hydrogens is 349 g/mol. The number of hydrogen-bond donors (Lipinski definition) is 0. The number of carbonyl (C=O) groups excluding carboxylic acids is 1. The Hall–Kier alpha value is -3.68. The zero-order chi connectivity index (χ0) is 19.0. The quantitative estimate of drug-likeness (QED) is 0.407. The van der Waals surface area contributed by atoms with Crippen LogP contribution in [0, 0.1) is 12.9 Å². The van der Waals surface area contributed by atoms with Gasteiger partial charge < -0.3 is 4.74 Å². The Morgan fingerprint density at radius 3 is 2.67 bits per heavy atom. The van der Waals surface area contributed by atoms with Gasteiger partial charge in [0.05, 0.1) is 34.9 Å². The van der Waals surface area contributed by atoms with Gasteiger partial charge in [-0.2, -0.15) is 14.6 Å². The highest BCUT2D eigenvalue weighted by Gasteiger charge is 2.14. The molecule has 4 heterocycles. The molecule has 0 aliphatic heterocycles. The van der Waals surface area contributed by atoms with Gasteiger partial charge in [0.15, 0.2) is 5.78 Å². The van der Waals surface area contributed by atoms with Crippen molar-refractivity contribution < 1.29 is 13.9 Å². The Morgan fingerprint density at radius 2 is 1.96 bits per heavy atom. The molecule has 0 amide bonds. The van der Waals surface area contributed by atoms with Crippen molar-refractivity contribution in [2.24, 2.45) is 0 Å². The number of rotatable bonds is 4. The van der Waals surface area contributed by atoms with Crippen LogP contribution in [0.15, 0.2) is 48.8 Å². The van der Waals surface area contributed by atoms with Gasteiger partial charge in [-0.1, -0.05) is 0 Å². The number of hydrogen-bond acceptors (Lipinski definition) is 6. The summed E-state index contributed by atoms with van der Waals surface area (Å²) in [5.41, 5.74) is 2.52. The van der Waals surface area contributed by atoms with Crippen molar-refractivity contribution >= 4 is 11.3 Å². The lowest BCUT2D eigenvalue weighted by Crippen LogP contribution is -2.00. The van der Waals surface area contributed by atoms with E-state index in [1.165, 1.54) is 13.0 Å². The fraction of sp³-hybridized carbons (Fsp3) is 0.105. The number of halogens is 1. The second-order valence-electron chi connectivity index (χ2n) is 5.96. The predicted molar refractivity (Wildman–Crippen MR) is 95.2 cm³/mol. The van der Waals surface area contributed by atoms with E-state index in [1.807, 2.05) is 6.92 Å². The molecule has 134 valence electrons. The van der Waals surface area contributed by atoms with Gasteiger partial charge in [-0.05, 0) is 44.2 Å². The summed E-state index contributed by atoms with van der Waals surface area (Å²) >= 11 is 0. The molecule has 0 unspecified atom stereocenters. The number of aryl methyl sites for hydroxylation is 1. The van der Waals surface area contributed by atoms with E-state index >= 15 is 0 Å². The molecule has 0 aromatic carbocycles. The lowest BCUT2D eigenvalue weighted by Gasteiger charge is -2.05. The van der Waals surface area contributed by atoms with Crippen LogP contribution in [0.5, 0.6) is 11.6 Å². The van der Waals surface area contributed by atoms with Crippen molar-refractivity contribution in [2.75, 3.05) is 0 Å². The second-order valence-corrected chi connectivity index (χ2v) is 5.96. The molecule has 4 aromatic heterocycles. The van der Waals surface area contributed by atoms with Crippen LogP contribution in [-0.4, -0.2) is 30.6 Å². The number of fused-ring (bicyclic) bond motifs is 1. The summed E-state index contributed by atoms with van der Waals surface area (Å²) in [4.78, 5) is 15.3. The fourth-order valence-corrected chi connectivity index (χ4v) is 2.63. The molecule has 4 rings (SSSR count). The highest BCUT2D eigenvalue weighted by Crippen LogP contribution is 2.27. The van der Waals surface area contributed by atoms with Gasteiger partial charge in [0.1, 0.15) is 5.75 Å². The standard InChI is InChI=1S/C19H14FN5O2/c1-11-3-8-18(24-23-11)27-13-4-7-17-15(9-21-25(17)10-13)16-6-5-14(12(2)26)19(20)22-16/h3-10H,1-2H3. The highest BCUT2D eigenvalue weighted by atomic mass is 19.1. The summed E-state index contributed by atoms with van der Waals surface area (Å²) in [5.74, 6) is -0.262. The number of pyridine rings is 2. The maximum Gasteiger partial charge on any atom is 0.238 e. The van der Waals surface area contributed by atoms with Gasteiger partial charge in [0.25, 0.3) is 0 Å². The summed E-state index contributed by atoms with van der Waals surface area (Å²) in [6, 6.07) is 10.1. The van der Waals surface area contributed by atoms with Crippen molar-refractivity contribution in [3.63, 3.8) is 0 Å². The highest BCUT2D eigenvalue weighted by molar-refractivity contribution is 5.94. The van der Waals surface area contributed by atoms with E-state index in [4.69, 9.17) is 4.74 Å². The molecule has 0 atom stereocenters. The average Bonchev–Trinajstić information content (AvgIpc) is 3.06. The molecule has 0 saturated heterocycles. The molecule has 0 aliphatic rings. The SMILES string of the molecule is CC(=O)c1ccc(-c2cnn3cc(Oc4ccc(C)nn4)ccc23)nc1F. The Bertz CT molecular complexity index is 1150. The van der Waals surface area contributed by atoms with Crippen LogP contribution in [-0.2, 0) is 0 Å². The van der Waals surface area contributed by atoms with Crippen molar-refractivity contribution in [3.05, 3.63) is 66.0 Å². The van der Waals surface area contributed by atoms with Gasteiger partial charge in [0.2, 0.25) is 11.8 Å². The van der Waals surface area contributed by atoms with Gasteiger partial charge in [-0.3, -0.25) is 4.79 Å². The summed E-state index contributed by atoms with van der Waals surface area (Å²) in [6.07, 6.45) is 3.26. The van der Waals surface area contributed by atoms with E-state index < -0.39 is 5.95 Å². The zero-order valence-electron chi connectivity index (χ0n) is 14.5. The first-order chi connectivity index (χ1) is 13.0. The molecule has 0 radical (unpaired) electrons. The van der Waals surface area contributed by atoms with E-state index in [0.29, 0.717) is 22.9 Å². The third-order valence-corrected chi connectivity index (χ3v) is 3.99. The van der Waals surface area contributed by atoms with Crippen molar-refractivity contribution in [1.82, 2.24) is 24.8 Å². The minimum Gasteiger partial charge on any atom is -0.436 e. The number of nitrogens with zero attached hydrogens (tertiary/aromatic N) is 5. The Balaban J connectivity index is 1.67. The number of carbonyl (C=O) groups is 1. The van der Waals surface area contributed by atoms with Crippen LogP contribution in [0.3, 0.4) is 0 Å². The molecule has 0 N–H and O–H groups in total. The Labute approximate surface area is 153 Å². The lowest BCUT2D eigenvalue weighted by molar-refractivity contribution is 0.101. The molecule has 27 heavy (non-hydrogen) atoms. The summed E-state index contributed by atoms with van der Waals surface area (Å²) in [7, 11) is 0.